The fourth-order valence-corrected chi connectivity index (χ4v) is 4.82. The number of hydrogen-bond acceptors (Lipinski definition) is 6. The van der Waals surface area contributed by atoms with Crippen molar-refractivity contribution in [1.29, 1.82) is 0 Å². The van der Waals surface area contributed by atoms with Crippen LogP contribution >= 0.6 is 11.8 Å². The zero-order chi connectivity index (χ0) is 15.5. The highest BCUT2D eigenvalue weighted by molar-refractivity contribution is 7.99. The Hall–Kier alpha value is -1.32. The molecule has 1 heterocycles. The molecule has 1 aromatic rings. The van der Waals surface area contributed by atoms with Crippen LogP contribution in [0, 0.1) is 10.1 Å². The van der Waals surface area contributed by atoms with Crippen LogP contribution in [-0.2, 0) is 10.0 Å². The minimum Gasteiger partial charge on any atom is -0.387 e. The normalized spacial score (nSPS) is 17.2. The van der Waals surface area contributed by atoms with E-state index in [-0.39, 0.29) is 16.3 Å². The first-order valence-corrected chi connectivity index (χ1v) is 9.10. The fraction of sp³-hybridized carbons (Fsp3) is 0.500. The van der Waals surface area contributed by atoms with Gasteiger partial charge in [-0.2, -0.15) is 16.1 Å². The van der Waals surface area contributed by atoms with Crippen molar-refractivity contribution < 1.29 is 13.3 Å². The third-order valence-corrected chi connectivity index (χ3v) is 6.25. The molecule has 1 aromatic carbocycles. The fourth-order valence-electron chi connectivity index (χ4n) is 2.15. The van der Waals surface area contributed by atoms with Gasteiger partial charge in [0.15, 0.2) is 0 Å². The summed E-state index contributed by atoms with van der Waals surface area (Å²) < 4.78 is 26.9. The van der Waals surface area contributed by atoms with Gasteiger partial charge in [0.2, 0.25) is 10.0 Å². The number of benzene rings is 1. The molecule has 0 unspecified atom stereocenters. The van der Waals surface area contributed by atoms with E-state index >= 15 is 0 Å². The van der Waals surface area contributed by atoms with Gasteiger partial charge >= 0.3 is 0 Å². The smallest absolute Gasteiger partial charge is 0.271 e. The maximum atomic E-state index is 12.7. The molecule has 0 radical (unpaired) electrons. The van der Waals surface area contributed by atoms with Crippen LogP contribution < -0.4 is 5.32 Å². The van der Waals surface area contributed by atoms with Crippen LogP contribution in [0.1, 0.15) is 6.42 Å². The van der Waals surface area contributed by atoms with Crippen LogP contribution in [0.5, 0.6) is 0 Å². The third-order valence-electron chi connectivity index (χ3n) is 3.24. The summed E-state index contributed by atoms with van der Waals surface area (Å²) in [4.78, 5) is 10.3. The summed E-state index contributed by atoms with van der Waals surface area (Å²) in [5, 5.41) is 13.5. The lowest BCUT2D eigenvalue weighted by atomic mass is 10.3. The maximum absolute atomic E-state index is 12.7. The van der Waals surface area contributed by atoms with Gasteiger partial charge in [-0.05, 0) is 18.2 Å². The monoisotopic (exact) mass is 331 g/mol. The van der Waals surface area contributed by atoms with Crippen LogP contribution in [0.25, 0.3) is 0 Å². The standard InChI is InChI=1S/C12H17N3O4S2/c1-13-11-9-10(15(16)17)3-4-12(11)21(18,19)14-5-2-7-20-8-6-14/h3-4,9,13H,2,5-8H2,1H3. The second-order valence-electron chi connectivity index (χ2n) is 4.56. The van der Waals surface area contributed by atoms with E-state index in [4.69, 9.17) is 0 Å². The van der Waals surface area contributed by atoms with Crippen LogP contribution in [0.2, 0.25) is 0 Å². The Morgan fingerprint density at radius 1 is 1.33 bits per heavy atom. The first-order chi connectivity index (χ1) is 9.96. The molecule has 0 saturated carbocycles. The van der Waals surface area contributed by atoms with Gasteiger partial charge in [0.05, 0.1) is 10.6 Å². The first kappa shape index (κ1) is 16.1. The Bertz CT molecular complexity index is 625. The van der Waals surface area contributed by atoms with Crippen LogP contribution in [-0.4, -0.2) is 49.3 Å². The van der Waals surface area contributed by atoms with Crippen molar-refractivity contribution in [3.05, 3.63) is 28.3 Å². The predicted octanol–water partition coefficient (Wildman–Crippen LogP) is 1.76. The maximum Gasteiger partial charge on any atom is 0.271 e. The number of non-ortho nitro benzene ring substituents is 1. The van der Waals surface area contributed by atoms with E-state index in [0.717, 1.165) is 17.9 Å². The summed E-state index contributed by atoms with van der Waals surface area (Å²) in [5.41, 5.74) is 0.117. The summed E-state index contributed by atoms with van der Waals surface area (Å²) in [6.45, 7) is 0.947. The van der Waals surface area contributed by atoms with Crippen molar-refractivity contribution in [3.63, 3.8) is 0 Å². The van der Waals surface area contributed by atoms with Gasteiger partial charge in [-0.15, -0.1) is 0 Å². The highest BCUT2D eigenvalue weighted by atomic mass is 32.2. The number of nitro benzene ring substituents is 1. The third kappa shape index (κ3) is 3.47. The lowest BCUT2D eigenvalue weighted by molar-refractivity contribution is -0.384. The van der Waals surface area contributed by atoms with Crippen molar-refractivity contribution >= 4 is 33.2 Å². The highest BCUT2D eigenvalue weighted by Crippen LogP contribution is 2.29. The number of thioether (sulfide) groups is 1. The van der Waals surface area contributed by atoms with Gasteiger partial charge in [-0.25, -0.2) is 8.42 Å². The second-order valence-corrected chi connectivity index (χ2v) is 7.69. The van der Waals surface area contributed by atoms with Crippen molar-refractivity contribution in [1.82, 2.24) is 4.31 Å². The van der Waals surface area contributed by atoms with Crippen molar-refractivity contribution in [2.24, 2.45) is 0 Å². The Morgan fingerprint density at radius 3 is 2.76 bits per heavy atom. The van der Waals surface area contributed by atoms with Gasteiger partial charge in [-0.3, -0.25) is 10.1 Å². The number of nitro groups is 1. The minimum atomic E-state index is -3.64. The summed E-state index contributed by atoms with van der Waals surface area (Å²) >= 11 is 1.74. The average Bonchev–Trinajstić information content (AvgIpc) is 2.76. The summed E-state index contributed by atoms with van der Waals surface area (Å²) in [6, 6.07) is 3.77. The first-order valence-electron chi connectivity index (χ1n) is 6.51. The van der Waals surface area contributed by atoms with E-state index in [1.165, 1.54) is 22.5 Å². The second kappa shape index (κ2) is 6.63. The molecule has 1 saturated heterocycles. The van der Waals surface area contributed by atoms with Crippen molar-refractivity contribution in [2.75, 3.05) is 37.0 Å². The molecule has 0 amide bonds. The molecule has 9 heteroatoms. The van der Waals surface area contributed by atoms with E-state index in [1.807, 2.05) is 0 Å². The van der Waals surface area contributed by atoms with Gasteiger partial charge in [-0.1, -0.05) is 0 Å². The number of hydrogen-bond donors (Lipinski definition) is 1. The average molecular weight is 331 g/mol. The number of anilines is 1. The highest BCUT2D eigenvalue weighted by Gasteiger charge is 2.28. The van der Waals surface area contributed by atoms with E-state index in [0.29, 0.717) is 13.1 Å². The van der Waals surface area contributed by atoms with E-state index in [9.17, 15) is 18.5 Å². The quantitative estimate of drug-likeness (QED) is 0.667. The molecule has 0 atom stereocenters. The molecule has 7 nitrogen and oxygen atoms in total. The lowest BCUT2D eigenvalue weighted by Crippen LogP contribution is -2.33. The van der Waals surface area contributed by atoms with Crippen molar-refractivity contribution in [2.45, 2.75) is 11.3 Å². The Labute approximate surface area is 127 Å². The topological polar surface area (TPSA) is 92.5 Å². The minimum absolute atomic E-state index is 0.0856. The molecule has 0 bridgehead atoms. The number of nitrogens with zero attached hydrogens (tertiary/aromatic N) is 2. The molecule has 0 aliphatic carbocycles. The number of sulfonamides is 1. The zero-order valence-corrected chi connectivity index (χ0v) is 13.2. The van der Waals surface area contributed by atoms with Gasteiger partial charge in [0.1, 0.15) is 4.90 Å². The molecule has 1 aliphatic heterocycles. The molecule has 2 rings (SSSR count). The van der Waals surface area contributed by atoms with Crippen molar-refractivity contribution in [3.8, 4) is 0 Å². The summed E-state index contributed by atoms with van der Waals surface area (Å²) in [6.07, 6.45) is 0.811. The Morgan fingerprint density at radius 2 is 2.10 bits per heavy atom. The molecular weight excluding hydrogens is 314 g/mol. The van der Waals surface area contributed by atoms with Crippen LogP contribution in [0.15, 0.2) is 23.1 Å². The number of nitrogens with one attached hydrogen (secondary N) is 1. The van der Waals surface area contributed by atoms with Crippen LogP contribution in [0.4, 0.5) is 11.4 Å². The Balaban J connectivity index is 2.41. The van der Waals surface area contributed by atoms with Gasteiger partial charge < -0.3 is 5.32 Å². The number of rotatable bonds is 4. The molecule has 21 heavy (non-hydrogen) atoms. The van der Waals surface area contributed by atoms with E-state index < -0.39 is 14.9 Å². The van der Waals surface area contributed by atoms with Gasteiger partial charge in [0, 0.05) is 38.0 Å². The molecule has 1 N–H and O–H groups in total. The molecule has 1 aliphatic rings. The van der Waals surface area contributed by atoms with Crippen LogP contribution in [0.3, 0.4) is 0 Å². The summed E-state index contributed by atoms with van der Waals surface area (Å²) in [5.74, 6) is 1.71. The lowest BCUT2D eigenvalue weighted by Gasteiger charge is -2.21. The van der Waals surface area contributed by atoms with E-state index in [1.54, 1.807) is 18.8 Å². The Kier molecular flexibility index (Phi) is 5.07. The predicted molar refractivity (Wildman–Crippen MR) is 83.3 cm³/mol. The summed E-state index contributed by atoms with van der Waals surface area (Å²) in [7, 11) is -2.08. The van der Waals surface area contributed by atoms with E-state index in [2.05, 4.69) is 5.32 Å². The molecule has 1 fully saturated rings. The molecule has 116 valence electrons. The SMILES string of the molecule is CNc1cc([N+](=O)[O-])ccc1S(=O)(=O)N1CCCSCC1. The largest absolute Gasteiger partial charge is 0.387 e. The molecule has 0 aromatic heterocycles. The zero-order valence-electron chi connectivity index (χ0n) is 11.6. The molecular formula is C12H17N3O4S2. The van der Waals surface area contributed by atoms with Gasteiger partial charge in [0.25, 0.3) is 5.69 Å². The molecule has 0 spiro atoms.